The van der Waals surface area contributed by atoms with Crippen LogP contribution in [0, 0.1) is 0 Å². The molecule has 0 atom stereocenters. The molecule has 2 N–H and O–H groups in total. The second-order valence-electron chi connectivity index (χ2n) is 6.43. The average molecular weight is 492 g/mol. The minimum Gasteiger partial charge on any atom is -0.493 e. The number of halogens is 1. The fraction of sp³-hybridized carbons (Fsp3) is 0.286. The molecule has 1 heterocycles. The Balaban J connectivity index is 1.52. The molecule has 2 aromatic rings. The van der Waals surface area contributed by atoms with E-state index in [1.54, 1.807) is 37.4 Å². The van der Waals surface area contributed by atoms with Crippen LogP contribution in [0.2, 0.25) is 0 Å². The minimum absolute atomic E-state index is 0.123. The number of carbonyl (C=O) groups is 2. The fourth-order valence-corrected chi connectivity index (χ4v) is 3.25. The first-order chi connectivity index (χ1) is 15.0. The average Bonchev–Trinajstić information content (AvgIpc) is 3.24. The Morgan fingerprint density at radius 3 is 2.81 bits per heavy atom. The van der Waals surface area contributed by atoms with Gasteiger partial charge in [-0.1, -0.05) is 6.92 Å². The maximum Gasteiger partial charge on any atom is 0.259 e. The first kappa shape index (κ1) is 22.4. The lowest BCUT2D eigenvalue weighted by molar-refractivity contribution is -0.120. The SMILES string of the molecule is CCCOc1c(Br)cc(/C=N\NC(=O)CNC(=O)c2ccc3c(c2)OCO3)cc1OC. The monoisotopic (exact) mass is 491 g/mol. The van der Waals surface area contributed by atoms with Crippen LogP contribution in [-0.2, 0) is 4.79 Å². The molecular weight excluding hydrogens is 470 g/mol. The van der Waals surface area contributed by atoms with Crippen LogP contribution in [0.1, 0.15) is 29.3 Å². The van der Waals surface area contributed by atoms with E-state index in [9.17, 15) is 9.59 Å². The van der Waals surface area contributed by atoms with E-state index in [2.05, 4.69) is 31.8 Å². The number of rotatable bonds is 9. The molecule has 1 aliphatic rings. The number of nitrogens with one attached hydrogen (secondary N) is 2. The van der Waals surface area contributed by atoms with E-state index in [4.69, 9.17) is 18.9 Å². The molecule has 0 aliphatic carbocycles. The standard InChI is InChI=1S/C21H22BrN3O6/c1-3-6-29-20-15(22)7-13(8-18(20)28-2)10-24-25-19(26)11-23-21(27)14-4-5-16-17(9-14)31-12-30-16/h4-5,7-10H,3,6,11-12H2,1-2H3,(H,23,27)(H,25,26)/b24-10-. The van der Waals surface area contributed by atoms with Gasteiger partial charge in [0.25, 0.3) is 11.8 Å². The van der Waals surface area contributed by atoms with Gasteiger partial charge in [0, 0.05) is 5.56 Å². The van der Waals surface area contributed by atoms with Crippen molar-refractivity contribution in [2.24, 2.45) is 5.10 Å². The summed E-state index contributed by atoms with van der Waals surface area (Å²) in [5, 5.41) is 6.45. The minimum atomic E-state index is -0.473. The number of carbonyl (C=O) groups excluding carboxylic acids is 2. The Morgan fingerprint density at radius 1 is 1.23 bits per heavy atom. The van der Waals surface area contributed by atoms with E-state index in [0.717, 1.165) is 6.42 Å². The van der Waals surface area contributed by atoms with Crippen molar-refractivity contribution in [2.75, 3.05) is 27.1 Å². The topological polar surface area (TPSA) is 107 Å². The van der Waals surface area contributed by atoms with Crippen LogP contribution in [0.15, 0.2) is 39.9 Å². The number of hydrazone groups is 1. The van der Waals surface area contributed by atoms with Gasteiger partial charge in [-0.05, 0) is 58.2 Å². The zero-order valence-electron chi connectivity index (χ0n) is 17.1. The predicted molar refractivity (Wildman–Crippen MR) is 117 cm³/mol. The smallest absolute Gasteiger partial charge is 0.259 e. The molecule has 0 unspecified atom stereocenters. The van der Waals surface area contributed by atoms with Crippen LogP contribution in [0.4, 0.5) is 0 Å². The summed E-state index contributed by atoms with van der Waals surface area (Å²) in [4.78, 5) is 24.2. The number of nitrogens with zero attached hydrogens (tertiary/aromatic N) is 1. The molecule has 3 rings (SSSR count). The summed E-state index contributed by atoms with van der Waals surface area (Å²) in [7, 11) is 1.55. The van der Waals surface area contributed by atoms with Gasteiger partial charge >= 0.3 is 0 Å². The number of amides is 2. The van der Waals surface area contributed by atoms with E-state index >= 15 is 0 Å². The third-order valence-electron chi connectivity index (χ3n) is 4.15. The normalized spacial score (nSPS) is 12.0. The summed E-state index contributed by atoms with van der Waals surface area (Å²) < 4.78 is 22.2. The highest BCUT2D eigenvalue weighted by molar-refractivity contribution is 9.10. The summed E-state index contributed by atoms with van der Waals surface area (Å²) in [5.41, 5.74) is 3.42. The maximum atomic E-state index is 12.2. The quantitative estimate of drug-likeness (QED) is 0.412. The number of ether oxygens (including phenoxy) is 4. The van der Waals surface area contributed by atoms with Gasteiger partial charge in [-0.15, -0.1) is 0 Å². The molecule has 164 valence electrons. The number of hydrogen-bond acceptors (Lipinski definition) is 7. The van der Waals surface area contributed by atoms with E-state index in [1.807, 2.05) is 6.92 Å². The molecule has 0 radical (unpaired) electrons. The van der Waals surface area contributed by atoms with Crippen molar-refractivity contribution in [3.05, 3.63) is 45.9 Å². The lowest BCUT2D eigenvalue weighted by Crippen LogP contribution is -2.34. The Morgan fingerprint density at radius 2 is 2.03 bits per heavy atom. The van der Waals surface area contributed by atoms with Gasteiger partial charge in [0.1, 0.15) is 0 Å². The molecule has 2 amide bonds. The van der Waals surface area contributed by atoms with Crippen LogP contribution >= 0.6 is 15.9 Å². The second kappa shape index (κ2) is 10.7. The van der Waals surface area contributed by atoms with Gasteiger partial charge in [0.15, 0.2) is 23.0 Å². The summed E-state index contributed by atoms with van der Waals surface area (Å²) in [6, 6.07) is 8.34. The number of fused-ring (bicyclic) bond motifs is 1. The van der Waals surface area contributed by atoms with Crippen molar-refractivity contribution < 1.29 is 28.5 Å². The molecule has 9 nitrogen and oxygen atoms in total. The molecule has 2 aromatic carbocycles. The van der Waals surface area contributed by atoms with E-state index in [0.29, 0.717) is 45.2 Å². The zero-order chi connectivity index (χ0) is 22.2. The molecule has 0 fully saturated rings. The first-order valence-electron chi connectivity index (χ1n) is 9.52. The van der Waals surface area contributed by atoms with Crippen LogP contribution < -0.4 is 29.7 Å². The first-order valence-corrected chi connectivity index (χ1v) is 10.3. The number of benzene rings is 2. The van der Waals surface area contributed by atoms with Crippen molar-refractivity contribution >= 4 is 34.0 Å². The van der Waals surface area contributed by atoms with Gasteiger partial charge in [-0.25, -0.2) is 5.43 Å². The van der Waals surface area contributed by atoms with Crippen molar-refractivity contribution in [2.45, 2.75) is 13.3 Å². The van der Waals surface area contributed by atoms with Crippen molar-refractivity contribution in [3.8, 4) is 23.0 Å². The molecular formula is C21H22BrN3O6. The number of hydrogen-bond donors (Lipinski definition) is 2. The molecule has 0 aromatic heterocycles. The molecule has 0 saturated heterocycles. The highest BCUT2D eigenvalue weighted by atomic mass is 79.9. The summed E-state index contributed by atoms with van der Waals surface area (Å²) in [6.07, 6.45) is 2.34. The zero-order valence-corrected chi connectivity index (χ0v) is 18.7. The molecule has 10 heteroatoms. The molecule has 31 heavy (non-hydrogen) atoms. The molecule has 1 aliphatic heterocycles. The van der Waals surface area contributed by atoms with Crippen molar-refractivity contribution in [1.82, 2.24) is 10.7 Å². The Labute approximate surface area is 187 Å². The number of methoxy groups -OCH3 is 1. The third kappa shape index (κ3) is 5.88. The van der Waals surface area contributed by atoms with Gasteiger partial charge in [0.2, 0.25) is 6.79 Å². The Hall–Kier alpha value is -3.27. The molecule has 0 bridgehead atoms. The largest absolute Gasteiger partial charge is 0.493 e. The van der Waals surface area contributed by atoms with Crippen LogP contribution in [0.25, 0.3) is 0 Å². The van der Waals surface area contributed by atoms with Crippen LogP contribution in [0.3, 0.4) is 0 Å². The van der Waals surface area contributed by atoms with Gasteiger partial charge in [0.05, 0.1) is 30.9 Å². The van der Waals surface area contributed by atoms with E-state index in [1.165, 1.54) is 6.21 Å². The molecule has 0 spiro atoms. The highest BCUT2D eigenvalue weighted by Crippen LogP contribution is 2.36. The maximum absolute atomic E-state index is 12.2. The van der Waals surface area contributed by atoms with Crippen LogP contribution in [0.5, 0.6) is 23.0 Å². The van der Waals surface area contributed by atoms with Gasteiger partial charge in [-0.2, -0.15) is 5.10 Å². The third-order valence-corrected chi connectivity index (χ3v) is 4.74. The van der Waals surface area contributed by atoms with Gasteiger partial charge < -0.3 is 24.3 Å². The van der Waals surface area contributed by atoms with Crippen LogP contribution in [-0.4, -0.2) is 45.1 Å². The fourth-order valence-electron chi connectivity index (χ4n) is 2.68. The van der Waals surface area contributed by atoms with E-state index in [-0.39, 0.29) is 13.3 Å². The Bertz CT molecular complexity index is 995. The summed E-state index contributed by atoms with van der Waals surface area (Å²) in [6.45, 7) is 2.47. The van der Waals surface area contributed by atoms with Crippen molar-refractivity contribution in [3.63, 3.8) is 0 Å². The summed E-state index contributed by atoms with van der Waals surface area (Å²) >= 11 is 3.45. The second-order valence-corrected chi connectivity index (χ2v) is 7.28. The van der Waals surface area contributed by atoms with Gasteiger partial charge in [-0.3, -0.25) is 9.59 Å². The lowest BCUT2D eigenvalue weighted by Gasteiger charge is -2.12. The van der Waals surface area contributed by atoms with E-state index < -0.39 is 11.8 Å². The van der Waals surface area contributed by atoms with Crippen molar-refractivity contribution in [1.29, 1.82) is 0 Å². The predicted octanol–water partition coefficient (Wildman–Crippen LogP) is 2.86. The lowest BCUT2D eigenvalue weighted by atomic mass is 10.2. The Kier molecular flexibility index (Phi) is 7.71. The molecule has 0 saturated carbocycles. The highest BCUT2D eigenvalue weighted by Gasteiger charge is 2.16. The summed E-state index contributed by atoms with van der Waals surface area (Å²) in [5.74, 6) is 1.35.